The van der Waals surface area contributed by atoms with Crippen molar-refractivity contribution in [3.05, 3.63) is 53.6 Å². The zero-order valence-corrected chi connectivity index (χ0v) is 20.3. The van der Waals surface area contributed by atoms with Crippen molar-refractivity contribution in [3.63, 3.8) is 0 Å². The molecule has 35 heavy (non-hydrogen) atoms. The van der Waals surface area contributed by atoms with Gasteiger partial charge in [-0.25, -0.2) is 9.78 Å². The van der Waals surface area contributed by atoms with E-state index in [0.717, 1.165) is 23.8 Å². The maximum atomic E-state index is 13.3. The lowest BCUT2D eigenvalue weighted by molar-refractivity contribution is -0.127. The van der Waals surface area contributed by atoms with Crippen LogP contribution in [0.4, 0.5) is 21.9 Å². The number of thiophene rings is 1. The van der Waals surface area contributed by atoms with Gasteiger partial charge in [0.15, 0.2) is 0 Å². The Bertz CT molecular complexity index is 1370. The zero-order valence-electron chi connectivity index (χ0n) is 19.5. The maximum Gasteiger partial charge on any atom is 0.331 e. The molecule has 5 rings (SSSR count). The lowest BCUT2D eigenvalue weighted by Crippen LogP contribution is -2.49. The molecule has 1 saturated heterocycles. The number of amides is 4. The molecule has 2 aliphatic heterocycles. The first-order valence-corrected chi connectivity index (χ1v) is 12.1. The van der Waals surface area contributed by atoms with Gasteiger partial charge in [0, 0.05) is 25.3 Å². The van der Waals surface area contributed by atoms with E-state index >= 15 is 0 Å². The van der Waals surface area contributed by atoms with Gasteiger partial charge in [0.1, 0.15) is 15.5 Å². The quantitative estimate of drug-likeness (QED) is 0.521. The van der Waals surface area contributed by atoms with Crippen LogP contribution in [-0.2, 0) is 4.79 Å². The standard InChI is InChI=1S/C25H25N5O4S/c1-4-19(31)29-11-5-6-15(13-29)27-23(32)22-21-20-18(9-10-26-24(20)35-22)30(25(33)28-21)17-8-7-16(34-3)12-14(17)2/h4,7-10,12,15H,1,5-6,11,13H2,2-3H3,(H,27,32)(H,28,33)/t15-/m1/s1. The second-order valence-corrected chi connectivity index (χ2v) is 9.53. The third-order valence-corrected chi connectivity index (χ3v) is 7.44. The summed E-state index contributed by atoms with van der Waals surface area (Å²) in [5.41, 5.74) is 2.72. The molecule has 9 nitrogen and oxygen atoms in total. The van der Waals surface area contributed by atoms with Crippen molar-refractivity contribution in [1.29, 1.82) is 0 Å². The molecule has 0 unspecified atom stereocenters. The van der Waals surface area contributed by atoms with Crippen molar-refractivity contribution in [2.75, 3.05) is 30.4 Å². The molecule has 0 saturated carbocycles. The molecule has 10 heteroatoms. The summed E-state index contributed by atoms with van der Waals surface area (Å²) in [6, 6.07) is 6.76. The highest BCUT2D eigenvalue weighted by Gasteiger charge is 2.34. The van der Waals surface area contributed by atoms with Gasteiger partial charge >= 0.3 is 6.03 Å². The van der Waals surface area contributed by atoms with E-state index in [-0.39, 0.29) is 23.9 Å². The Balaban J connectivity index is 1.48. The number of pyridine rings is 1. The number of carbonyl (C=O) groups is 3. The molecule has 0 spiro atoms. The highest BCUT2D eigenvalue weighted by molar-refractivity contribution is 7.21. The molecule has 2 aromatic heterocycles. The Labute approximate surface area is 206 Å². The summed E-state index contributed by atoms with van der Waals surface area (Å²) in [4.78, 5) is 47.4. The summed E-state index contributed by atoms with van der Waals surface area (Å²) in [5, 5.41) is 6.69. The van der Waals surface area contributed by atoms with Crippen LogP contribution in [-0.4, -0.2) is 54.0 Å². The van der Waals surface area contributed by atoms with E-state index in [4.69, 9.17) is 4.74 Å². The van der Waals surface area contributed by atoms with E-state index in [1.54, 1.807) is 35.2 Å². The van der Waals surface area contributed by atoms with Gasteiger partial charge in [-0.1, -0.05) is 6.58 Å². The number of likely N-dealkylation sites (tertiary alicyclic amines) is 1. The molecule has 2 N–H and O–H groups in total. The van der Waals surface area contributed by atoms with Crippen LogP contribution in [0.1, 0.15) is 28.1 Å². The Kier molecular flexibility index (Phi) is 5.89. The summed E-state index contributed by atoms with van der Waals surface area (Å²) in [6.45, 7) is 6.53. The fourth-order valence-corrected chi connectivity index (χ4v) is 5.69. The van der Waals surface area contributed by atoms with Gasteiger partial charge < -0.3 is 20.3 Å². The average Bonchev–Trinajstić information content (AvgIpc) is 3.24. The number of hydrogen-bond donors (Lipinski definition) is 2. The predicted molar refractivity (Wildman–Crippen MR) is 136 cm³/mol. The van der Waals surface area contributed by atoms with Crippen LogP contribution in [0, 0.1) is 6.92 Å². The van der Waals surface area contributed by atoms with Crippen molar-refractivity contribution in [2.45, 2.75) is 25.8 Å². The minimum absolute atomic E-state index is 0.143. The predicted octanol–water partition coefficient (Wildman–Crippen LogP) is 4.20. The highest BCUT2D eigenvalue weighted by Crippen LogP contribution is 2.46. The molecule has 3 aromatic rings. The monoisotopic (exact) mass is 491 g/mol. The molecule has 1 fully saturated rings. The minimum Gasteiger partial charge on any atom is -0.497 e. The number of anilines is 3. The Morgan fingerprint density at radius 2 is 2.14 bits per heavy atom. The number of benzene rings is 1. The number of urea groups is 1. The highest BCUT2D eigenvalue weighted by atomic mass is 32.1. The number of ether oxygens (including phenoxy) is 1. The molecule has 1 atom stereocenters. The van der Waals surface area contributed by atoms with Gasteiger partial charge in [0.2, 0.25) is 5.91 Å². The summed E-state index contributed by atoms with van der Waals surface area (Å²) in [7, 11) is 1.60. The Hall–Kier alpha value is -3.92. The molecule has 4 amide bonds. The van der Waals surface area contributed by atoms with Gasteiger partial charge in [0.25, 0.3) is 5.91 Å². The normalized spacial score (nSPS) is 17.2. The number of carbonyl (C=O) groups excluding carboxylic acids is 3. The summed E-state index contributed by atoms with van der Waals surface area (Å²) in [5.74, 6) is 0.270. The van der Waals surface area contributed by atoms with Gasteiger partial charge in [-0.2, -0.15) is 0 Å². The van der Waals surface area contributed by atoms with E-state index in [2.05, 4.69) is 22.2 Å². The first kappa shape index (κ1) is 22.9. The summed E-state index contributed by atoms with van der Waals surface area (Å²) >= 11 is 1.24. The lowest BCUT2D eigenvalue weighted by Gasteiger charge is -2.32. The number of methoxy groups -OCH3 is 1. The molecule has 4 heterocycles. The van der Waals surface area contributed by atoms with Crippen LogP contribution >= 0.6 is 11.3 Å². The van der Waals surface area contributed by atoms with E-state index in [1.165, 1.54) is 17.4 Å². The number of piperidine rings is 1. The number of aryl methyl sites for hydroxylation is 1. The number of aromatic nitrogens is 1. The Morgan fingerprint density at radius 3 is 2.89 bits per heavy atom. The lowest BCUT2D eigenvalue weighted by atomic mass is 10.1. The fourth-order valence-electron chi connectivity index (χ4n) is 4.66. The molecule has 0 radical (unpaired) electrons. The van der Waals surface area contributed by atoms with Gasteiger partial charge in [-0.3, -0.25) is 14.5 Å². The molecular formula is C25H25N5O4S. The van der Waals surface area contributed by atoms with Crippen molar-refractivity contribution in [2.24, 2.45) is 0 Å². The Morgan fingerprint density at radius 1 is 1.31 bits per heavy atom. The van der Waals surface area contributed by atoms with Crippen LogP contribution in [0.25, 0.3) is 10.2 Å². The summed E-state index contributed by atoms with van der Waals surface area (Å²) in [6.07, 6.45) is 4.50. The second kappa shape index (κ2) is 9.03. The van der Waals surface area contributed by atoms with Crippen LogP contribution in [0.3, 0.4) is 0 Å². The zero-order chi connectivity index (χ0) is 24.7. The first-order chi connectivity index (χ1) is 16.9. The van der Waals surface area contributed by atoms with Crippen molar-refractivity contribution in [1.82, 2.24) is 15.2 Å². The maximum absolute atomic E-state index is 13.3. The molecule has 180 valence electrons. The number of rotatable bonds is 5. The van der Waals surface area contributed by atoms with Crippen LogP contribution in [0.5, 0.6) is 5.75 Å². The second-order valence-electron chi connectivity index (χ2n) is 8.54. The van der Waals surface area contributed by atoms with Crippen LogP contribution in [0.2, 0.25) is 0 Å². The van der Waals surface area contributed by atoms with Crippen molar-refractivity contribution >= 4 is 56.5 Å². The first-order valence-electron chi connectivity index (χ1n) is 11.3. The molecule has 1 aromatic carbocycles. The third kappa shape index (κ3) is 3.99. The topological polar surface area (TPSA) is 104 Å². The molecule has 0 bridgehead atoms. The van der Waals surface area contributed by atoms with E-state index < -0.39 is 0 Å². The van der Waals surface area contributed by atoms with E-state index in [9.17, 15) is 14.4 Å². The fraction of sp³-hybridized carbons (Fsp3) is 0.280. The largest absolute Gasteiger partial charge is 0.497 e. The third-order valence-electron chi connectivity index (χ3n) is 6.34. The van der Waals surface area contributed by atoms with Crippen molar-refractivity contribution in [3.8, 4) is 5.75 Å². The number of hydrogen-bond acceptors (Lipinski definition) is 6. The molecule has 2 aliphatic rings. The van der Waals surface area contributed by atoms with Gasteiger partial charge in [-0.15, -0.1) is 11.3 Å². The number of nitrogens with zero attached hydrogens (tertiary/aromatic N) is 3. The minimum atomic E-state index is -0.355. The van der Waals surface area contributed by atoms with Crippen LogP contribution < -0.4 is 20.3 Å². The van der Waals surface area contributed by atoms with Crippen molar-refractivity contribution < 1.29 is 19.1 Å². The molecule has 0 aliphatic carbocycles. The smallest absolute Gasteiger partial charge is 0.331 e. The van der Waals surface area contributed by atoms with E-state index in [1.807, 2.05) is 19.1 Å². The van der Waals surface area contributed by atoms with E-state index in [0.29, 0.717) is 45.6 Å². The SMILES string of the molecule is C=CC(=O)N1CCC[C@@H](NC(=O)c2sc3nccc4c3c2NC(=O)N4c2ccc(OC)cc2C)C1. The average molecular weight is 492 g/mol. The van der Waals surface area contributed by atoms with Gasteiger partial charge in [0.05, 0.1) is 29.6 Å². The summed E-state index contributed by atoms with van der Waals surface area (Å²) < 4.78 is 5.30. The van der Waals surface area contributed by atoms with Gasteiger partial charge in [-0.05, 0) is 55.7 Å². The molecular weight excluding hydrogens is 466 g/mol. The van der Waals surface area contributed by atoms with Crippen LogP contribution in [0.15, 0.2) is 43.1 Å². The number of nitrogens with one attached hydrogen (secondary N) is 2.